The van der Waals surface area contributed by atoms with Gasteiger partial charge in [-0.05, 0) is 38.0 Å². The molecule has 0 aromatic carbocycles. The molecule has 0 aliphatic heterocycles. The lowest BCUT2D eigenvalue weighted by molar-refractivity contribution is -0.136. The third-order valence-electron chi connectivity index (χ3n) is 4.23. The molecule has 0 bridgehead atoms. The lowest BCUT2D eigenvalue weighted by atomic mass is 10.0. The van der Waals surface area contributed by atoms with Gasteiger partial charge in [0.1, 0.15) is 5.84 Å². The summed E-state index contributed by atoms with van der Waals surface area (Å²) in [4.78, 5) is 13.9. The summed E-state index contributed by atoms with van der Waals surface area (Å²) in [5, 5.41) is 11.5. The zero-order valence-corrected chi connectivity index (χ0v) is 10.5. The van der Waals surface area contributed by atoms with Crippen molar-refractivity contribution in [2.24, 2.45) is 28.6 Å². The molecule has 2 fully saturated rings. The predicted octanol–water partition coefficient (Wildman–Crippen LogP) is 1.02. The smallest absolute Gasteiger partial charge is 0.225 e. The molecule has 0 radical (unpaired) electrons. The van der Waals surface area contributed by atoms with Crippen LogP contribution < -0.4 is 5.73 Å². The van der Waals surface area contributed by atoms with Crippen LogP contribution in [0.4, 0.5) is 0 Å². The highest BCUT2D eigenvalue weighted by Gasteiger charge is 2.48. The third kappa shape index (κ3) is 2.53. The summed E-state index contributed by atoms with van der Waals surface area (Å²) in [5.74, 6) is 2.23. The van der Waals surface area contributed by atoms with Gasteiger partial charge in [0.15, 0.2) is 0 Å². The van der Waals surface area contributed by atoms with E-state index in [9.17, 15) is 4.79 Å². The Morgan fingerprint density at radius 2 is 2.06 bits per heavy atom. The Balaban J connectivity index is 1.85. The molecule has 0 heterocycles. The van der Waals surface area contributed by atoms with E-state index in [1.807, 2.05) is 14.0 Å². The van der Waals surface area contributed by atoms with Crippen molar-refractivity contribution in [2.75, 3.05) is 7.05 Å². The maximum Gasteiger partial charge on any atom is 0.225 e. The van der Waals surface area contributed by atoms with Crippen molar-refractivity contribution in [3.63, 3.8) is 0 Å². The Bertz CT molecular complexity index is 333. The Kier molecular flexibility index (Phi) is 3.26. The Labute approximate surface area is 102 Å². The molecule has 96 valence electrons. The summed E-state index contributed by atoms with van der Waals surface area (Å²) >= 11 is 0. The lowest BCUT2D eigenvalue weighted by Crippen LogP contribution is -2.40. The molecule has 5 nitrogen and oxygen atoms in total. The van der Waals surface area contributed by atoms with Gasteiger partial charge in [0.2, 0.25) is 5.91 Å². The number of hydrogen-bond acceptors (Lipinski definition) is 3. The maximum atomic E-state index is 12.2. The highest BCUT2D eigenvalue weighted by atomic mass is 16.4. The first kappa shape index (κ1) is 12.2. The molecule has 0 aromatic heterocycles. The quantitative estimate of drug-likeness (QED) is 0.333. The summed E-state index contributed by atoms with van der Waals surface area (Å²) in [5.41, 5.74) is 5.46. The van der Waals surface area contributed by atoms with Gasteiger partial charge in [0.05, 0.1) is 0 Å². The van der Waals surface area contributed by atoms with E-state index in [1.54, 1.807) is 4.90 Å². The molecule has 0 aromatic rings. The van der Waals surface area contributed by atoms with Gasteiger partial charge < -0.3 is 15.8 Å². The number of nitrogens with zero attached hydrogens (tertiary/aromatic N) is 2. The summed E-state index contributed by atoms with van der Waals surface area (Å²) < 4.78 is 0. The fraction of sp³-hybridized carbons (Fsp3) is 0.833. The normalized spacial score (nSPS) is 33.1. The first-order chi connectivity index (χ1) is 8.02. The highest BCUT2D eigenvalue weighted by molar-refractivity contribution is 5.83. The first-order valence-corrected chi connectivity index (χ1v) is 6.26. The molecular formula is C12H21N3O2. The molecular weight excluding hydrogens is 218 g/mol. The number of amides is 1. The summed E-state index contributed by atoms with van der Waals surface area (Å²) in [6.45, 7) is 1.92. The number of rotatable bonds is 4. The average Bonchev–Trinajstić information content (AvgIpc) is 2.93. The van der Waals surface area contributed by atoms with Crippen LogP contribution in [0.15, 0.2) is 5.16 Å². The maximum absolute atomic E-state index is 12.2. The second-order valence-electron chi connectivity index (χ2n) is 5.52. The van der Waals surface area contributed by atoms with Crippen LogP contribution in [0.3, 0.4) is 0 Å². The number of hydrogen-bond donors (Lipinski definition) is 2. The number of oxime groups is 1. The first-order valence-electron chi connectivity index (χ1n) is 6.26. The summed E-state index contributed by atoms with van der Waals surface area (Å²) in [6.07, 6.45) is 3.86. The van der Waals surface area contributed by atoms with Gasteiger partial charge in [-0.2, -0.15) is 0 Å². The van der Waals surface area contributed by atoms with E-state index < -0.39 is 0 Å². The SMILES string of the molecule is CC(CC(N)=NO)N(C)C(=O)C1CC2CC2C1. The molecule has 2 rings (SSSR count). The van der Waals surface area contributed by atoms with Crippen LogP contribution in [-0.4, -0.2) is 34.9 Å². The highest BCUT2D eigenvalue weighted by Crippen LogP contribution is 2.54. The van der Waals surface area contributed by atoms with Crippen molar-refractivity contribution >= 4 is 11.7 Å². The van der Waals surface area contributed by atoms with Crippen molar-refractivity contribution < 1.29 is 10.0 Å². The van der Waals surface area contributed by atoms with E-state index in [0.29, 0.717) is 6.42 Å². The zero-order valence-electron chi connectivity index (χ0n) is 10.5. The van der Waals surface area contributed by atoms with E-state index in [2.05, 4.69) is 5.16 Å². The van der Waals surface area contributed by atoms with Crippen LogP contribution >= 0.6 is 0 Å². The van der Waals surface area contributed by atoms with Crippen LogP contribution in [-0.2, 0) is 4.79 Å². The molecule has 2 saturated carbocycles. The van der Waals surface area contributed by atoms with Gasteiger partial charge in [-0.1, -0.05) is 5.16 Å². The molecule has 0 spiro atoms. The standard InChI is InChI=1S/C12H21N3O2/c1-7(3-11(13)14-17)15(2)12(16)10-5-8-4-9(8)6-10/h7-10,17H,3-6H2,1-2H3,(H2,13,14). The second kappa shape index (κ2) is 4.55. The van der Waals surface area contributed by atoms with Crippen molar-refractivity contribution in [1.29, 1.82) is 0 Å². The molecule has 3 unspecified atom stereocenters. The number of amidine groups is 1. The molecule has 2 aliphatic carbocycles. The lowest BCUT2D eigenvalue weighted by Gasteiger charge is -2.27. The van der Waals surface area contributed by atoms with Gasteiger partial charge >= 0.3 is 0 Å². The minimum absolute atomic E-state index is 0.0182. The van der Waals surface area contributed by atoms with Crippen molar-refractivity contribution in [3.8, 4) is 0 Å². The Morgan fingerprint density at radius 3 is 2.59 bits per heavy atom. The molecule has 2 aliphatic rings. The number of carbonyl (C=O) groups is 1. The largest absolute Gasteiger partial charge is 0.409 e. The Morgan fingerprint density at radius 1 is 1.47 bits per heavy atom. The van der Waals surface area contributed by atoms with Crippen LogP contribution in [0.25, 0.3) is 0 Å². The Hall–Kier alpha value is -1.26. The minimum atomic E-state index is -0.0182. The third-order valence-corrected chi connectivity index (χ3v) is 4.23. The molecule has 5 heteroatoms. The van der Waals surface area contributed by atoms with Gasteiger partial charge in [-0.15, -0.1) is 0 Å². The number of nitrogens with two attached hydrogens (primary N) is 1. The minimum Gasteiger partial charge on any atom is -0.409 e. The van der Waals surface area contributed by atoms with Crippen LogP contribution in [0.1, 0.15) is 32.6 Å². The van der Waals surface area contributed by atoms with Gasteiger partial charge in [-0.3, -0.25) is 4.79 Å². The van der Waals surface area contributed by atoms with Crippen LogP contribution in [0.5, 0.6) is 0 Å². The fourth-order valence-electron chi connectivity index (χ4n) is 2.90. The monoisotopic (exact) mass is 239 g/mol. The van der Waals surface area contributed by atoms with Crippen LogP contribution in [0.2, 0.25) is 0 Å². The number of fused-ring (bicyclic) bond motifs is 1. The molecule has 1 amide bonds. The molecule has 0 saturated heterocycles. The fourth-order valence-corrected chi connectivity index (χ4v) is 2.90. The summed E-state index contributed by atoms with van der Waals surface area (Å²) in [7, 11) is 1.81. The van der Waals surface area contributed by atoms with Crippen LogP contribution in [0, 0.1) is 17.8 Å². The van der Waals surface area contributed by atoms with Crippen molar-refractivity contribution in [3.05, 3.63) is 0 Å². The van der Waals surface area contributed by atoms with Crippen molar-refractivity contribution in [2.45, 2.75) is 38.6 Å². The number of carbonyl (C=O) groups excluding carboxylic acids is 1. The van der Waals surface area contributed by atoms with E-state index in [4.69, 9.17) is 10.9 Å². The van der Waals surface area contributed by atoms with E-state index >= 15 is 0 Å². The van der Waals surface area contributed by atoms with E-state index in [0.717, 1.165) is 24.7 Å². The zero-order chi connectivity index (χ0) is 12.6. The van der Waals surface area contributed by atoms with Gasteiger partial charge in [0, 0.05) is 25.4 Å². The average molecular weight is 239 g/mol. The van der Waals surface area contributed by atoms with E-state index in [1.165, 1.54) is 6.42 Å². The molecule has 3 N–H and O–H groups in total. The second-order valence-corrected chi connectivity index (χ2v) is 5.52. The van der Waals surface area contributed by atoms with Gasteiger partial charge in [-0.25, -0.2) is 0 Å². The molecule has 17 heavy (non-hydrogen) atoms. The van der Waals surface area contributed by atoms with Gasteiger partial charge in [0.25, 0.3) is 0 Å². The van der Waals surface area contributed by atoms with Crippen molar-refractivity contribution in [1.82, 2.24) is 4.90 Å². The predicted molar refractivity (Wildman–Crippen MR) is 64.6 cm³/mol. The molecule has 3 atom stereocenters. The topological polar surface area (TPSA) is 78.9 Å². The van der Waals surface area contributed by atoms with E-state index in [-0.39, 0.29) is 23.7 Å². The summed E-state index contributed by atoms with van der Waals surface area (Å²) in [6, 6.07) is -0.0182.